The van der Waals surface area contributed by atoms with E-state index in [2.05, 4.69) is 25.5 Å². The lowest BCUT2D eigenvalue weighted by Gasteiger charge is -2.20. The fourth-order valence-corrected chi connectivity index (χ4v) is 3.61. The fraction of sp³-hybridized carbons (Fsp3) is 0.333. The van der Waals surface area contributed by atoms with E-state index in [-0.39, 0.29) is 6.03 Å². The molecule has 0 aromatic carbocycles. The second kappa shape index (κ2) is 5.45. The van der Waals surface area contributed by atoms with E-state index in [1.54, 1.807) is 35.2 Å². The van der Waals surface area contributed by atoms with Crippen LogP contribution in [0.2, 0.25) is 0 Å². The van der Waals surface area contributed by atoms with Gasteiger partial charge in [-0.1, -0.05) is 0 Å². The van der Waals surface area contributed by atoms with Gasteiger partial charge in [-0.2, -0.15) is 5.10 Å². The van der Waals surface area contributed by atoms with E-state index in [0.717, 1.165) is 27.3 Å². The van der Waals surface area contributed by atoms with E-state index in [1.165, 1.54) is 0 Å². The second-order valence-corrected chi connectivity index (χ2v) is 6.86. The monoisotopic (exact) mass is 343 g/mol. The van der Waals surface area contributed by atoms with Crippen LogP contribution in [0.25, 0.3) is 10.2 Å². The van der Waals surface area contributed by atoms with E-state index in [9.17, 15) is 4.79 Å². The number of hydrogen-bond donors (Lipinski definition) is 2. The molecular formula is C15H17N7OS. The summed E-state index contributed by atoms with van der Waals surface area (Å²) < 4.78 is 0.997. The van der Waals surface area contributed by atoms with Gasteiger partial charge < -0.3 is 15.1 Å². The lowest BCUT2D eigenvalue weighted by atomic mass is 10.3. The van der Waals surface area contributed by atoms with Crippen molar-refractivity contribution in [1.29, 1.82) is 0 Å². The van der Waals surface area contributed by atoms with Crippen LogP contribution in [0.15, 0.2) is 11.4 Å². The first-order valence-electron chi connectivity index (χ1n) is 7.54. The zero-order chi connectivity index (χ0) is 16.8. The Labute approximate surface area is 142 Å². The van der Waals surface area contributed by atoms with Gasteiger partial charge in [0.1, 0.15) is 5.82 Å². The molecule has 0 aliphatic carbocycles. The minimum absolute atomic E-state index is 0.0101. The zero-order valence-corrected chi connectivity index (χ0v) is 14.4. The first-order valence-corrected chi connectivity index (χ1v) is 8.42. The third kappa shape index (κ3) is 2.37. The molecule has 0 bridgehead atoms. The molecule has 1 aliphatic heterocycles. The number of anilines is 2. The summed E-state index contributed by atoms with van der Waals surface area (Å²) in [6, 6.07) is 1.97. The number of aromatic amines is 1. The quantitative estimate of drug-likeness (QED) is 0.746. The minimum atomic E-state index is -0.0101. The van der Waals surface area contributed by atoms with E-state index in [1.807, 2.05) is 18.4 Å². The van der Waals surface area contributed by atoms with Gasteiger partial charge in [-0.05, 0) is 18.4 Å². The SMILES string of the molecule is Cc1nc(Nc2n[nH]c3c2CN(C(=O)N(C)C)C3)c2sccc2n1. The van der Waals surface area contributed by atoms with Crippen LogP contribution in [0.5, 0.6) is 0 Å². The Bertz CT molecular complexity index is 929. The first kappa shape index (κ1) is 14.9. The maximum atomic E-state index is 12.1. The number of aryl methyl sites for hydroxylation is 1. The van der Waals surface area contributed by atoms with Crippen LogP contribution in [-0.2, 0) is 13.1 Å². The van der Waals surface area contributed by atoms with Crippen LogP contribution >= 0.6 is 11.3 Å². The number of carbonyl (C=O) groups is 1. The average Bonchev–Trinajstić information content (AvgIpc) is 3.22. The molecular weight excluding hydrogens is 326 g/mol. The van der Waals surface area contributed by atoms with E-state index in [4.69, 9.17) is 0 Å². The minimum Gasteiger partial charge on any atom is -0.331 e. The Morgan fingerprint density at radius 1 is 1.33 bits per heavy atom. The summed E-state index contributed by atoms with van der Waals surface area (Å²) >= 11 is 1.59. The third-order valence-corrected chi connectivity index (χ3v) is 4.87. The molecule has 0 radical (unpaired) electrons. The predicted octanol–water partition coefficient (Wildman–Crippen LogP) is 2.46. The number of fused-ring (bicyclic) bond motifs is 2. The second-order valence-electron chi connectivity index (χ2n) is 5.94. The largest absolute Gasteiger partial charge is 0.331 e. The molecule has 0 spiro atoms. The fourth-order valence-electron chi connectivity index (χ4n) is 2.84. The van der Waals surface area contributed by atoms with Crippen molar-refractivity contribution in [3.05, 3.63) is 28.5 Å². The van der Waals surface area contributed by atoms with E-state index in [0.29, 0.717) is 24.7 Å². The highest BCUT2D eigenvalue weighted by Gasteiger charge is 2.29. The van der Waals surface area contributed by atoms with Crippen molar-refractivity contribution in [1.82, 2.24) is 30.0 Å². The Kier molecular flexibility index (Phi) is 3.38. The zero-order valence-electron chi connectivity index (χ0n) is 13.6. The van der Waals surface area contributed by atoms with E-state index >= 15 is 0 Å². The van der Waals surface area contributed by atoms with Gasteiger partial charge in [0.25, 0.3) is 0 Å². The summed E-state index contributed by atoms with van der Waals surface area (Å²) in [5.74, 6) is 2.17. The number of carbonyl (C=O) groups excluding carboxylic acids is 1. The molecule has 4 heterocycles. The van der Waals surface area contributed by atoms with Gasteiger partial charge in [-0.25, -0.2) is 14.8 Å². The van der Waals surface area contributed by atoms with Crippen LogP contribution in [-0.4, -0.2) is 50.1 Å². The molecule has 24 heavy (non-hydrogen) atoms. The number of nitrogens with one attached hydrogen (secondary N) is 2. The van der Waals surface area contributed by atoms with Crippen LogP contribution < -0.4 is 5.32 Å². The van der Waals surface area contributed by atoms with Crippen molar-refractivity contribution in [3.63, 3.8) is 0 Å². The highest BCUT2D eigenvalue weighted by atomic mass is 32.1. The number of aromatic nitrogens is 4. The molecule has 8 nitrogen and oxygen atoms in total. The molecule has 0 fully saturated rings. The third-order valence-electron chi connectivity index (χ3n) is 3.96. The first-order chi connectivity index (χ1) is 11.5. The smallest absolute Gasteiger partial charge is 0.320 e. The summed E-state index contributed by atoms with van der Waals surface area (Å²) in [5, 5.41) is 12.7. The predicted molar refractivity (Wildman–Crippen MR) is 92.4 cm³/mol. The van der Waals surface area contributed by atoms with Gasteiger partial charge in [0.05, 0.1) is 29.0 Å². The Morgan fingerprint density at radius 2 is 2.17 bits per heavy atom. The topological polar surface area (TPSA) is 90.0 Å². The maximum Gasteiger partial charge on any atom is 0.320 e. The van der Waals surface area contributed by atoms with Gasteiger partial charge in [-0.3, -0.25) is 5.10 Å². The summed E-state index contributed by atoms with van der Waals surface area (Å²) in [6.07, 6.45) is 0. The van der Waals surface area contributed by atoms with Gasteiger partial charge in [-0.15, -0.1) is 11.3 Å². The van der Waals surface area contributed by atoms with Gasteiger partial charge in [0.15, 0.2) is 11.6 Å². The molecule has 2 amide bonds. The summed E-state index contributed by atoms with van der Waals surface area (Å²) in [7, 11) is 3.51. The van der Waals surface area contributed by atoms with Crippen molar-refractivity contribution >= 4 is 39.2 Å². The molecule has 2 N–H and O–H groups in total. The number of nitrogens with zero attached hydrogens (tertiary/aromatic N) is 5. The normalized spacial score (nSPS) is 13.4. The summed E-state index contributed by atoms with van der Waals surface area (Å²) in [4.78, 5) is 24.4. The number of amides is 2. The number of H-pyrrole nitrogens is 1. The van der Waals surface area contributed by atoms with Crippen molar-refractivity contribution in [2.45, 2.75) is 20.0 Å². The van der Waals surface area contributed by atoms with Crippen molar-refractivity contribution in [2.75, 3.05) is 19.4 Å². The van der Waals surface area contributed by atoms with E-state index < -0.39 is 0 Å². The van der Waals surface area contributed by atoms with Crippen LogP contribution in [0, 0.1) is 6.92 Å². The number of hydrogen-bond acceptors (Lipinski definition) is 6. The Hall–Kier alpha value is -2.68. The Morgan fingerprint density at radius 3 is 2.96 bits per heavy atom. The van der Waals surface area contributed by atoms with Crippen LogP contribution in [0.4, 0.5) is 16.4 Å². The van der Waals surface area contributed by atoms with Crippen molar-refractivity contribution in [3.8, 4) is 0 Å². The highest BCUT2D eigenvalue weighted by molar-refractivity contribution is 7.17. The molecule has 0 saturated heterocycles. The molecule has 9 heteroatoms. The van der Waals surface area contributed by atoms with Crippen molar-refractivity contribution in [2.24, 2.45) is 0 Å². The molecule has 0 unspecified atom stereocenters. The lowest BCUT2D eigenvalue weighted by Crippen LogP contribution is -2.35. The lowest BCUT2D eigenvalue weighted by molar-refractivity contribution is 0.171. The highest BCUT2D eigenvalue weighted by Crippen LogP contribution is 2.32. The Balaban J connectivity index is 1.64. The van der Waals surface area contributed by atoms with Crippen LogP contribution in [0.3, 0.4) is 0 Å². The van der Waals surface area contributed by atoms with Crippen LogP contribution in [0.1, 0.15) is 17.1 Å². The molecule has 3 aromatic heterocycles. The van der Waals surface area contributed by atoms with Gasteiger partial charge in [0.2, 0.25) is 0 Å². The summed E-state index contributed by atoms with van der Waals surface area (Å²) in [5.41, 5.74) is 2.89. The van der Waals surface area contributed by atoms with Gasteiger partial charge >= 0.3 is 6.03 Å². The number of thiophene rings is 1. The molecule has 1 aliphatic rings. The number of rotatable bonds is 2. The molecule has 4 rings (SSSR count). The number of urea groups is 1. The average molecular weight is 343 g/mol. The summed E-state index contributed by atoms with van der Waals surface area (Å²) in [6.45, 7) is 2.94. The standard InChI is InChI=1S/C15H17N7OS/c1-8-16-10-4-5-24-12(10)14(17-8)18-13-9-6-22(15(23)21(2)3)7-11(9)19-20-13/h4-5H,6-7H2,1-3H3,(H2,16,17,18,19,20). The maximum absolute atomic E-state index is 12.1. The molecule has 0 atom stereocenters. The van der Waals surface area contributed by atoms with Gasteiger partial charge in [0, 0.05) is 19.7 Å². The molecule has 3 aromatic rings. The molecule has 124 valence electrons. The van der Waals surface area contributed by atoms with Crippen molar-refractivity contribution < 1.29 is 4.79 Å². The molecule has 0 saturated carbocycles.